The molecule has 1 fully saturated rings. The zero-order chi connectivity index (χ0) is 19.4. The van der Waals surface area contributed by atoms with E-state index in [4.69, 9.17) is 4.74 Å². The lowest BCUT2D eigenvalue weighted by Gasteiger charge is -2.35. The predicted octanol–water partition coefficient (Wildman–Crippen LogP) is 2.87. The molecule has 5 nitrogen and oxygen atoms in total. The number of ether oxygens (including phenoxy) is 1. The summed E-state index contributed by atoms with van der Waals surface area (Å²) < 4.78 is 71.3. The first-order valence-electron chi connectivity index (χ1n) is 8.63. The fraction of sp³-hybridized carbons (Fsp3) is 0.647. The third-order valence-corrected chi connectivity index (χ3v) is 5.69. The highest BCUT2D eigenvalue weighted by Gasteiger charge is 2.36. The Morgan fingerprint density at radius 1 is 1.15 bits per heavy atom. The highest BCUT2D eigenvalue weighted by molar-refractivity contribution is 7.89. The molecule has 1 aliphatic rings. The second-order valence-electron chi connectivity index (χ2n) is 6.62. The van der Waals surface area contributed by atoms with Gasteiger partial charge in [-0.1, -0.05) is 12.1 Å². The van der Waals surface area contributed by atoms with Gasteiger partial charge in [-0.3, -0.25) is 4.90 Å². The summed E-state index contributed by atoms with van der Waals surface area (Å²) in [5, 5.41) is 0. The third-order valence-electron chi connectivity index (χ3n) is 4.17. The van der Waals surface area contributed by atoms with Gasteiger partial charge in [-0.25, -0.2) is 13.1 Å². The van der Waals surface area contributed by atoms with Crippen LogP contribution in [0.3, 0.4) is 0 Å². The number of hydrogen-bond acceptors (Lipinski definition) is 4. The van der Waals surface area contributed by atoms with Gasteiger partial charge < -0.3 is 4.74 Å². The predicted molar refractivity (Wildman–Crippen MR) is 92.3 cm³/mol. The van der Waals surface area contributed by atoms with Gasteiger partial charge in [0.25, 0.3) is 0 Å². The quantitative estimate of drug-likeness (QED) is 0.723. The molecule has 2 rings (SSSR count). The summed E-state index contributed by atoms with van der Waals surface area (Å²) in [5.41, 5.74) is -1.15. The molecule has 1 N–H and O–H groups in total. The fourth-order valence-electron chi connectivity index (χ4n) is 3.15. The molecule has 0 bridgehead atoms. The standard InChI is InChI=1S/C17H25F3N2O3S/c1-13-11-22(12-14(2)25-13)10-6-5-9-21-26(23,24)16-8-4-3-7-15(16)17(18,19)20/h3-4,7-8,13-14,21H,5-6,9-12H2,1-2H3/t13-,14+. The summed E-state index contributed by atoms with van der Waals surface area (Å²) in [4.78, 5) is 1.52. The molecule has 0 amide bonds. The molecule has 1 saturated heterocycles. The average molecular weight is 394 g/mol. The van der Waals surface area contributed by atoms with Crippen molar-refractivity contribution in [1.82, 2.24) is 9.62 Å². The van der Waals surface area contributed by atoms with Gasteiger partial charge in [-0.15, -0.1) is 0 Å². The molecule has 1 aromatic carbocycles. The van der Waals surface area contributed by atoms with Crippen molar-refractivity contribution in [3.05, 3.63) is 29.8 Å². The minimum atomic E-state index is -4.71. The molecule has 9 heteroatoms. The van der Waals surface area contributed by atoms with E-state index in [2.05, 4.69) is 9.62 Å². The summed E-state index contributed by atoms with van der Waals surface area (Å²) in [6.07, 6.45) is -3.09. The van der Waals surface area contributed by atoms with Crippen LogP contribution in [0, 0.1) is 0 Å². The molecular weight excluding hydrogens is 369 g/mol. The van der Waals surface area contributed by atoms with Crippen LogP contribution < -0.4 is 4.72 Å². The Morgan fingerprint density at radius 3 is 2.38 bits per heavy atom. The Hall–Kier alpha value is -1.16. The van der Waals surface area contributed by atoms with Crippen molar-refractivity contribution in [2.24, 2.45) is 0 Å². The fourth-order valence-corrected chi connectivity index (χ4v) is 4.45. The summed E-state index contributed by atoms with van der Waals surface area (Å²) in [6, 6.07) is 4.20. The topological polar surface area (TPSA) is 58.6 Å². The highest BCUT2D eigenvalue weighted by atomic mass is 32.2. The van der Waals surface area contributed by atoms with Crippen LogP contribution in [0.2, 0.25) is 0 Å². The van der Waals surface area contributed by atoms with E-state index < -0.39 is 26.7 Å². The number of hydrogen-bond donors (Lipinski definition) is 1. The Balaban J connectivity index is 1.84. The highest BCUT2D eigenvalue weighted by Crippen LogP contribution is 2.33. The second-order valence-corrected chi connectivity index (χ2v) is 8.35. The molecule has 148 valence electrons. The van der Waals surface area contributed by atoms with Crippen LogP contribution in [-0.2, 0) is 20.9 Å². The first-order chi connectivity index (χ1) is 12.1. The van der Waals surface area contributed by atoms with Crippen LogP contribution in [0.5, 0.6) is 0 Å². The molecule has 0 aliphatic carbocycles. The molecule has 2 atom stereocenters. The van der Waals surface area contributed by atoms with E-state index in [1.54, 1.807) is 0 Å². The number of morpholine rings is 1. The van der Waals surface area contributed by atoms with E-state index in [0.717, 1.165) is 38.2 Å². The van der Waals surface area contributed by atoms with Crippen LogP contribution in [0.1, 0.15) is 32.3 Å². The third kappa shape index (κ3) is 5.94. The van der Waals surface area contributed by atoms with E-state index >= 15 is 0 Å². The van der Waals surface area contributed by atoms with E-state index in [1.165, 1.54) is 12.1 Å². The Morgan fingerprint density at radius 2 is 1.77 bits per heavy atom. The normalized spacial score (nSPS) is 22.5. The summed E-state index contributed by atoms with van der Waals surface area (Å²) in [6.45, 7) is 6.58. The molecule has 1 aromatic rings. The number of rotatable bonds is 7. The number of alkyl halides is 3. The smallest absolute Gasteiger partial charge is 0.373 e. The van der Waals surface area contributed by atoms with E-state index in [9.17, 15) is 21.6 Å². The molecule has 0 spiro atoms. The molecular formula is C17H25F3N2O3S. The maximum absolute atomic E-state index is 13.0. The van der Waals surface area contributed by atoms with E-state index in [-0.39, 0.29) is 18.8 Å². The number of benzene rings is 1. The first-order valence-corrected chi connectivity index (χ1v) is 10.1. The minimum absolute atomic E-state index is 0.101. The monoisotopic (exact) mass is 394 g/mol. The number of nitrogens with one attached hydrogen (secondary N) is 1. The minimum Gasteiger partial charge on any atom is -0.373 e. The number of unbranched alkanes of at least 4 members (excludes halogenated alkanes) is 1. The number of sulfonamides is 1. The zero-order valence-corrected chi connectivity index (χ0v) is 15.7. The van der Waals surface area contributed by atoms with Gasteiger partial charge in [0.15, 0.2) is 0 Å². The van der Waals surface area contributed by atoms with Crippen molar-refractivity contribution in [3.63, 3.8) is 0 Å². The van der Waals surface area contributed by atoms with Crippen LogP contribution in [-0.4, -0.2) is 51.7 Å². The Kier molecular flexibility index (Phi) is 7.06. The van der Waals surface area contributed by atoms with Crippen molar-refractivity contribution in [3.8, 4) is 0 Å². The van der Waals surface area contributed by atoms with Crippen molar-refractivity contribution < 1.29 is 26.3 Å². The van der Waals surface area contributed by atoms with Gasteiger partial charge >= 0.3 is 6.18 Å². The summed E-state index contributed by atoms with van der Waals surface area (Å²) in [7, 11) is -4.20. The van der Waals surface area contributed by atoms with Gasteiger partial charge in [0.1, 0.15) is 0 Å². The van der Waals surface area contributed by atoms with Crippen LogP contribution in [0.4, 0.5) is 13.2 Å². The molecule has 1 aliphatic heterocycles. The van der Waals surface area contributed by atoms with Crippen LogP contribution in [0.15, 0.2) is 29.2 Å². The van der Waals surface area contributed by atoms with Gasteiger partial charge in [-0.2, -0.15) is 13.2 Å². The molecule has 0 radical (unpaired) electrons. The summed E-state index contributed by atoms with van der Waals surface area (Å²) in [5.74, 6) is 0. The largest absolute Gasteiger partial charge is 0.417 e. The van der Waals surface area contributed by atoms with Crippen LogP contribution in [0.25, 0.3) is 0 Å². The lowest BCUT2D eigenvalue weighted by molar-refractivity contribution is -0.139. The second kappa shape index (κ2) is 8.69. The molecule has 0 aromatic heterocycles. The van der Waals surface area contributed by atoms with Gasteiger partial charge in [-0.05, 0) is 45.4 Å². The molecule has 26 heavy (non-hydrogen) atoms. The lowest BCUT2D eigenvalue weighted by Crippen LogP contribution is -2.45. The van der Waals surface area contributed by atoms with Crippen molar-refractivity contribution in [1.29, 1.82) is 0 Å². The number of nitrogens with zero attached hydrogens (tertiary/aromatic N) is 1. The van der Waals surface area contributed by atoms with Crippen molar-refractivity contribution in [2.75, 3.05) is 26.2 Å². The number of halogens is 3. The SMILES string of the molecule is C[C@@H]1CN(CCCCNS(=O)(=O)c2ccccc2C(F)(F)F)C[C@H](C)O1. The van der Waals surface area contributed by atoms with Gasteiger partial charge in [0.05, 0.1) is 22.7 Å². The first kappa shape index (κ1) is 21.1. The average Bonchev–Trinajstić information content (AvgIpc) is 2.53. The zero-order valence-electron chi connectivity index (χ0n) is 14.9. The van der Waals surface area contributed by atoms with Crippen molar-refractivity contribution >= 4 is 10.0 Å². The Bertz CT molecular complexity index is 685. The van der Waals surface area contributed by atoms with E-state index in [1.807, 2.05) is 13.8 Å². The molecule has 0 saturated carbocycles. The Labute approximate surface area is 152 Å². The maximum Gasteiger partial charge on any atom is 0.417 e. The van der Waals surface area contributed by atoms with Crippen LogP contribution >= 0.6 is 0 Å². The van der Waals surface area contributed by atoms with Gasteiger partial charge in [0, 0.05) is 19.6 Å². The lowest BCUT2D eigenvalue weighted by atomic mass is 10.2. The molecule has 1 heterocycles. The molecule has 0 unspecified atom stereocenters. The maximum atomic E-state index is 13.0. The van der Waals surface area contributed by atoms with Gasteiger partial charge in [0.2, 0.25) is 10.0 Å². The van der Waals surface area contributed by atoms with Crippen molar-refractivity contribution in [2.45, 2.75) is 50.0 Å². The summed E-state index contributed by atoms with van der Waals surface area (Å²) >= 11 is 0. The van der Waals surface area contributed by atoms with E-state index in [0.29, 0.717) is 6.42 Å².